The zero-order valence-corrected chi connectivity index (χ0v) is 15.8. The largest absolute Gasteiger partial charge is 0.484 e. The Morgan fingerprint density at radius 1 is 1.07 bits per heavy atom. The molecule has 6 heteroatoms. The van der Waals surface area contributed by atoms with Crippen LogP contribution in [0.1, 0.15) is 30.1 Å². The van der Waals surface area contributed by atoms with Gasteiger partial charge in [0.05, 0.1) is 11.7 Å². The number of likely N-dealkylation sites (tertiary alicyclic amines) is 1. The fraction of sp³-hybridized carbons (Fsp3) is 0.364. The number of aromatic nitrogens is 3. The van der Waals surface area contributed by atoms with E-state index in [2.05, 4.69) is 39.2 Å². The molecule has 2 heterocycles. The fourth-order valence-corrected chi connectivity index (χ4v) is 4.51. The van der Waals surface area contributed by atoms with E-state index in [1.807, 2.05) is 24.3 Å². The Bertz CT molecular complexity index is 924. The maximum atomic E-state index is 6.55. The smallest absolute Gasteiger partial charge is 0.140 e. The summed E-state index contributed by atoms with van der Waals surface area (Å²) in [6.45, 7) is 2.04. The average molecular weight is 375 g/mol. The molecule has 0 bridgehead atoms. The van der Waals surface area contributed by atoms with Gasteiger partial charge in [-0.2, -0.15) is 5.10 Å². The van der Waals surface area contributed by atoms with E-state index < -0.39 is 0 Å². The topological polar surface area (TPSA) is 69.2 Å². The highest BCUT2D eigenvalue weighted by Crippen LogP contribution is 2.38. The monoisotopic (exact) mass is 375 g/mol. The molecule has 1 saturated heterocycles. The third-order valence-corrected chi connectivity index (χ3v) is 5.88. The second-order valence-corrected chi connectivity index (χ2v) is 7.74. The minimum atomic E-state index is 0.0266. The van der Waals surface area contributed by atoms with E-state index >= 15 is 0 Å². The Morgan fingerprint density at radius 2 is 1.93 bits per heavy atom. The zero-order valence-electron chi connectivity index (χ0n) is 15.8. The van der Waals surface area contributed by atoms with Crippen LogP contribution in [0.25, 0.3) is 5.69 Å². The molecule has 144 valence electrons. The average Bonchev–Trinajstić information content (AvgIpc) is 3.38. The fourth-order valence-electron chi connectivity index (χ4n) is 4.51. The quantitative estimate of drug-likeness (QED) is 0.759. The van der Waals surface area contributed by atoms with E-state index in [1.165, 1.54) is 17.5 Å². The van der Waals surface area contributed by atoms with Crippen molar-refractivity contribution in [2.75, 3.05) is 13.1 Å². The van der Waals surface area contributed by atoms with Gasteiger partial charge in [0.15, 0.2) is 0 Å². The number of ether oxygens (including phenoxy) is 1. The molecular weight excluding hydrogens is 350 g/mol. The van der Waals surface area contributed by atoms with Gasteiger partial charge < -0.3 is 10.5 Å². The summed E-state index contributed by atoms with van der Waals surface area (Å²) in [5.41, 5.74) is 9.91. The summed E-state index contributed by atoms with van der Waals surface area (Å²) in [6, 6.07) is 17.3. The number of rotatable bonds is 4. The van der Waals surface area contributed by atoms with Crippen LogP contribution < -0.4 is 10.5 Å². The summed E-state index contributed by atoms with van der Waals surface area (Å²) in [5.74, 6) is 0.872. The van der Waals surface area contributed by atoms with Crippen molar-refractivity contribution >= 4 is 0 Å². The van der Waals surface area contributed by atoms with Crippen LogP contribution in [-0.4, -0.2) is 44.8 Å². The van der Waals surface area contributed by atoms with E-state index in [4.69, 9.17) is 10.5 Å². The van der Waals surface area contributed by atoms with Crippen molar-refractivity contribution in [3.63, 3.8) is 0 Å². The van der Waals surface area contributed by atoms with Gasteiger partial charge in [-0.3, -0.25) is 4.90 Å². The SMILES string of the molecule is N[C@@H]1CCCN([C@@H]2Cc3ccccc3[C@H]2Oc2ccc(-n3cncn3)cc2)C1. The first-order chi connectivity index (χ1) is 13.8. The van der Waals surface area contributed by atoms with E-state index in [-0.39, 0.29) is 12.1 Å². The molecule has 28 heavy (non-hydrogen) atoms. The molecule has 3 atom stereocenters. The van der Waals surface area contributed by atoms with Gasteiger partial charge in [-0.25, -0.2) is 9.67 Å². The molecule has 2 aliphatic rings. The summed E-state index contributed by atoms with van der Waals surface area (Å²) in [6.07, 6.45) is 6.55. The zero-order chi connectivity index (χ0) is 18.9. The van der Waals surface area contributed by atoms with Crippen LogP contribution in [0.5, 0.6) is 5.75 Å². The Morgan fingerprint density at radius 3 is 2.71 bits per heavy atom. The Kier molecular flexibility index (Phi) is 4.58. The molecule has 0 spiro atoms. The number of piperidine rings is 1. The van der Waals surface area contributed by atoms with Crippen molar-refractivity contribution in [2.45, 2.75) is 37.5 Å². The first-order valence-electron chi connectivity index (χ1n) is 9.97. The van der Waals surface area contributed by atoms with Gasteiger partial charge in [0.1, 0.15) is 24.5 Å². The van der Waals surface area contributed by atoms with Crippen molar-refractivity contribution in [1.29, 1.82) is 0 Å². The molecule has 3 aromatic rings. The molecule has 1 aliphatic carbocycles. The third kappa shape index (κ3) is 3.30. The third-order valence-electron chi connectivity index (χ3n) is 5.88. The molecule has 6 nitrogen and oxygen atoms in total. The van der Waals surface area contributed by atoms with Crippen molar-refractivity contribution < 1.29 is 4.74 Å². The number of hydrogen-bond acceptors (Lipinski definition) is 5. The van der Waals surface area contributed by atoms with Crippen LogP contribution in [-0.2, 0) is 6.42 Å². The minimum absolute atomic E-state index is 0.0266. The molecule has 0 unspecified atom stereocenters. The lowest BCUT2D eigenvalue weighted by Crippen LogP contribution is -2.49. The lowest BCUT2D eigenvalue weighted by atomic mass is 10.0. The number of nitrogens with two attached hydrogens (primary N) is 1. The predicted molar refractivity (Wildman–Crippen MR) is 107 cm³/mol. The minimum Gasteiger partial charge on any atom is -0.484 e. The molecule has 1 aliphatic heterocycles. The second kappa shape index (κ2) is 7.37. The first-order valence-corrected chi connectivity index (χ1v) is 9.97. The predicted octanol–water partition coefficient (Wildman–Crippen LogP) is 2.74. The Balaban J connectivity index is 1.40. The van der Waals surface area contributed by atoms with Crippen LogP contribution in [0.4, 0.5) is 0 Å². The summed E-state index contributed by atoms with van der Waals surface area (Å²) < 4.78 is 8.29. The van der Waals surface area contributed by atoms with Gasteiger partial charge in [-0.05, 0) is 61.2 Å². The summed E-state index contributed by atoms with van der Waals surface area (Å²) in [7, 11) is 0. The van der Waals surface area contributed by atoms with Crippen LogP contribution >= 0.6 is 0 Å². The summed E-state index contributed by atoms with van der Waals surface area (Å²) in [5, 5.41) is 4.18. The molecule has 2 N–H and O–H groups in total. The number of hydrogen-bond donors (Lipinski definition) is 1. The maximum Gasteiger partial charge on any atom is 0.140 e. The van der Waals surface area contributed by atoms with Crippen molar-refractivity contribution in [1.82, 2.24) is 19.7 Å². The van der Waals surface area contributed by atoms with Gasteiger partial charge in [0.25, 0.3) is 0 Å². The van der Waals surface area contributed by atoms with E-state index in [1.54, 1.807) is 11.0 Å². The van der Waals surface area contributed by atoms with Gasteiger partial charge in [-0.1, -0.05) is 24.3 Å². The highest BCUT2D eigenvalue weighted by atomic mass is 16.5. The number of fused-ring (bicyclic) bond motifs is 1. The van der Waals surface area contributed by atoms with E-state index in [9.17, 15) is 0 Å². The van der Waals surface area contributed by atoms with E-state index in [0.29, 0.717) is 6.04 Å². The van der Waals surface area contributed by atoms with Crippen molar-refractivity contribution in [3.8, 4) is 11.4 Å². The lowest BCUT2D eigenvalue weighted by Gasteiger charge is -2.38. The van der Waals surface area contributed by atoms with Gasteiger partial charge in [0, 0.05) is 12.6 Å². The molecule has 0 saturated carbocycles. The summed E-state index contributed by atoms with van der Waals surface area (Å²) >= 11 is 0. The van der Waals surface area contributed by atoms with Crippen LogP contribution in [0.3, 0.4) is 0 Å². The Labute approximate surface area is 164 Å². The van der Waals surface area contributed by atoms with Gasteiger partial charge in [-0.15, -0.1) is 0 Å². The molecule has 1 aromatic heterocycles. The molecule has 5 rings (SSSR count). The van der Waals surface area contributed by atoms with Gasteiger partial charge in [0.2, 0.25) is 0 Å². The molecule has 0 amide bonds. The second-order valence-electron chi connectivity index (χ2n) is 7.74. The molecular formula is C22H25N5O. The normalized spacial score (nSPS) is 24.8. The lowest BCUT2D eigenvalue weighted by molar-refractivity contribution is 0.0593. The van der Waals surface area contributed by atoms with E-state index in [0.717, 1.165) is 43.8 Å². The van der Waals surface area contributed by atoms with Crippen LogP contribution in [0, 0.1) is 0 Å². The highest BCUT2D eigenvalue weighted by Gasteiger charge is 2.39. The summed E-state index contributed by atoms with van der Waals surface area (Å²) in [4.78, 5) is 6.53. The van der Waals surface area contributed by atoms with Crippen LogP contribution in [0.2, 0.25) is 0 Å². The number of nitrogens with zero attached hydrogens (tertiary/aromatic N) is 4. The maximum absolute atomic E-state index is 6.55. The molecule has 0 radical (unpaired) electrons. The molecule has 2 aromatic carbocycles. The highest BCUT2D eigenvalue weighted by molar-refractivity contribution is 5.40. The number of benzene rings is 2. The van der Waals surface area contributed by atoms with Crippen LogP contribution in [0.15, 0.2) is 61.2 Å². The van der Waals surface area contributed by atoms with Crippen molar-refractivity contribution in [3.05, 3.63) is 72.3 Å². The van der Waals surface area contributed by atoms with Crippen molar-refractivity contribution in [2.24, 2.45) is 5.73 Å². The molecule has 1 fully saturated rings. The Hall–Kier alpha value is -2.70. The standard InChI is InChI=1S/C22H25N5O/c23-17-5-3-11-26(13-17)21-12-16-4-1-2-6-20(16)22(21)28-19-9-7-18(8-10-19)27-15-24-14-25-27/h1-2,4,6-10,14-15,17,21-22H,3,5,11-13,23H2/t17-,21-,22-/m1/s1. The van der Waals surface area contributed by atoms with Gasteiger partial charge >= 0.3 is 0 Å². The first kappa shape index (κ1) is 17.4.